The third-order valence-electron chi connectivity index (χ3n) is 4.67. The van der Waals surface area contributed by atoms with Gasteiger partial charge >= 0.3 is 4.87 Å². The predicted octanol–water partition coefficient (Wildman–Crippen LogP) is 2.60. The van der Waals surface area contributed by atoms with Crippen LogP contribution in [0.4, 0.5) is 0 Å². The van der Waals surface area contributed by atoms with E-state index in [2.05, 4.69) is 30.0 Å². The van der Waals surface area contributed by atoms with Crippen LogP contribution in [0.3, 0.4) is 0 Å². The highest BCUT2D eigenvalue weighted by Crippen LogP contribution is 2.26. The van der Waals surface area contributed by atoms with E-state index in [4.69, 9.17) is 4.74 Å². The van der Waals surface area contributed by atoms with E-state index in [1.165, 1.54) is 16.9 Å². The Labute approximate surface area is 128 Å². The number of likely N-dealkylation sites (tertiary alicyclic amines) is 1. The molecule has 1 aromatic carbocycles. The number of thiazole rings is 1. The van der Waals surface area contributed by atoms with Crippen LogP contribution in [0.25, 0.3) is 10.2 Å². The zero-order valence-corrected chi connectivity index (χ0v) is 13.7. The van der Waals surface area contributed by atoms with Gasteiger partial charge < -0.3 is 9.30 Å². The Balaban J connectivity index is 1.73. The molecule has 4 nitrogen and oxygen atoms in total. The van der Waals surface area contributed by atoms with E-state index in [0.29, 0.717) is 0 Å². The first-order valence-corrected chi connectivity index (χ1v) is 8.18. The molecule has 0 unspecified atom stereocenters. The lowest BCUT2D eigenvalue weighted by atomic mass is 9.93. The molecule has 1 aliphatic heterocycles. The van der Waals surface area contributed by atoms with Crippen molar-refractivity contribution in [3.05, 3.63) is 33.4 Å². The van der Waals surface area contributed by atoms with Crippen molar-refractivity contribution in [1.29, 1.82) is 0 Å². The van der Waals surface area contributed by atoms with Crippen molar-refractivity contribution in [2.24, 2.45) is 7.05 Å². The third-order valence-corrected chi connectivity index (χ3v) is 5.66. The van der Waals surface area contributed by atoms with Crippen LogP contribution >= 0.6 is 11.3 Å². The highest BCUT2D eigenvalue weighted by Gasteiger charge is 2.29. The molecular weight excluding hydrogens is 284 g/mol. The molecule has 0 atom stereocenters. The number of hydrogen-bond donors (Lipinski definition) is 0. The zero-order chi connectivity index (χ0) is 15.0. The molecule has 3 rings (SSSR count). The average molecular weight is 306 g/mol. The molecule has 21 heavy (non-hydrogen) atoms. The topological polar surface area (TPSA) is 34.5 Å². The Morgan fingerprint density at radius 2 is 2.05 bits per heavy atom. The van der Waals surface area contributed by atoms with Gasteiger partial charge in [0.15, 0.2) is 0 Å². The lowest BCUT2D eigenvalue weighted by Crippen LogP contribution is -2.43. The number of aromatic nitrogens is 1. The Bertz CT molecular complexity index is 696. The Kier molecular flexibility index (Phi) is 3.90. The molecule has 114 valence electrons. The summed E-state index contributed by atoms with van der Waals surface area (Å²) in [5.41, 5.74) is 2.35. The van der Waals surface area contributed by atoms with Crippen LogP contribution in [0.1, 0.15) is 25.3 Å². The van der Waals surface area contributed by atoms with Crippen LogP contribution in [0.15, 0.2) is 23.0 Å². The van der Waals surface area contributed by atoms with Gasteiger partial charge in [-0.1, -0.05) is 17.4 Å². The van der Waals surface area contributed by atoms with Crippen LogP contribution in [0.2, 0.25) is 0 Å². The summed E-state index contributed by atoms with van der Waals surface area (Å²) >= 11 is 1.33. The zero-order valence-electron chi connectivity index (χ0n) is 12.9. The minimum atomic E-state index is 0.0411. The Morgan fingerprint density at radius 3 is 2.71 bits per heavy atom. The number of piperidine rings is 1. The molecule has 1 aliphatic rings. The van der Waals surface area contributed by atoms with Gasteiger partial charge in [-0.2, -0.15) is 0 Å². The smallest absolute Gasteiger partial charge is 0.307 e. The molecule has 2 heterocycles. The van der Waals surface area contributed by atoms with Crippen LogP contribution in [-0.4, -0.2) is 35.3 Å². The molecule has 0 bridgehead atoms. The van der Waals surface area contributed by atoms with Gasteiger partial charge in [-0.25, -0.2) is 0 Å². The average Bonchev–Trinajstić information content (AvgIpc) is 2.76. The number of aryl methyl sites for hydroxylation is 1. The molecule has 1 fully saturated rings. The highest BCUT2D eigenvalue weighted by molar-refractivity contribution is 7.16. The van der Waals surface area contributed by atoms with E-state index in [1.807, 2.05) is 7.05 Å². The first-order valence-electron chi connectivity index (χ1n) is 7.37. The second-order valence-corrected chi connectivity index (χ2v) is 7.15. The summed E-state index contributed by atoms with van der Waals surface area (Å²) in [6, 6.07) is 6.36. The van der Waals surface area contributed by atoms with E-state index in [0.717, 1.165) is 42.7 Å². The number of benzene rings is 1. The van der Waals surface area contributed by atoms with E-state index in [9.17, 15) is 4.79 Å². The van der Waals surface area contributed by atoms with Gasteiger partial charge in [-0.05, 0) is 37.5 Å². The van der Waals surface area contributed by atoms with Crippen molar-refractivity contribution in [2.45, 2.75) is 31.9 Å². The van der Waals surface area contributed by atoms with Gasteiger partial charge in [0, 0.05) is 33.8 Å². The fourth-order valence-corrected chi connectivity index (χ4v) is 3.87. The van der Waals surface area contributed by atoms with Gasteiger partial charge in [0.25, 0.3) is 0 Å². The van der Waals surface area contributed by atoms with Crippen molar-refractivity contribution in [1.82, 2.24) is 9.47 Å². The summed E-state index contributed by atoms with van der Waals surface area (Å²) in [4.78, 5) is 14.3. The Morgan fingerprint density at radius 1 is 1.33 bits per heavy atom. The largest absolute Gasteiger partial charge is 0.378 e. The highest BCUT2D eigenvalue weighted by atomic mass is 32.1. The minimum Gasteiger partial charge on any atom is -0.378 e. The van der Waals surface area contributed by atoms with Gasteiger partial charge in [-0.3, -0.25) is 9.69 Å². The van der Waals surface area contributed by atoms with E-state index in [1.54, 1.807) is 11.7 Å². The summed E-state index contributed by atoms with van der Waals surface area (Å²) in [6.07, 6.45) is 2.15. The second kappa shape index (κ2) is 5.55. The van der Waals surface area contributed by atoms with Crippen molar-refractivity contribution in [3.63, 3.8) is 0 Å². The minimum absolute atomic E-state index is 0.0411. The number of nitrogens with zero attached hydrogens (tertiary/aromatic N) is 2. The molecule has 0 radical (unpaired) electrons. The predicted molar refractivity (Wildman–Crippen MR) is 87.0 cm³/mol. The summed E-state index contributed by atoms with van der Waals surface area (Å²) in [5, 5.41) is 0. The summed E-state index contributed by atoms with van der Waals surface area (Å²) in [5.74, 6) is 0. The first-order chi connectivity index (χ1) is 10.0. The third kappa shape index (κ3) is 2.91. The lowest BCUT2D eigenvalue weighted by molar-refractivity contribution is -0.0440. The number of methoxy groups -OCH3 is 1. The SMILES string of the molecule is COC1(C)CCN(Cc2ccc3c(c2)sc(=O)n3C)CC1. The monoisotopic (exact) mass is 306 g/mol. The standard InChI is InChI=1S/C16H22N2O2S/c1-16(20-3)6-8-18(9-7-16)11-12-4-5-13-14(10-12)21-15(19)17(13)2/h4-5,10H,6-9,11H2,1-3H3. The number of hydrogen-bond acceptors (Lipinski definition) is 4. The van der Waals surface area contributed by atoms with Crippen LogP contribution in [0.5, 0.6) is 0 Å². The summed E-state index contributed by atoms with van der Waals surface area (Å²) in [6.45, 7) is 5.27. The van der Waals surface area contributed by atoms with Gasteiger partial charge in [0.2, 0.25) is 0 Å². The van der Waals surface area contributed by atoms with Gasteiger partial charge in [0.05, 0.1) is 15.8 Å². The lowest BCUT2D eigenvalue weighted by Gasteiger charge is -2.38. The molecule has 1 aromatic heterocycles. The molecule has 0 N–H and O–H groups in total. The van der Waals surface area contributed by atoms with Crippen LogP contribution in [0, 0.1) is 0 Å². The number of fused-ring (bicyclic) bond motifs is 1. The molecular formula is C16H22N2O2S. The molecule has 0 aliphatic carbocycles. The molecule has 5 heteroatoms. The molecule has 2 aromatic rings. The summed E-state index contributed by atoms with van der Waals surface area (Å²) in [7, 11) is 3.64. The quantitative estimate of drug-likeness (QED) is 0.874. The van der Waals surface area contributed by atoms with Crippen molar-refractivity contribution in [2.75, 3.05) is 20.2 Å². The fourth-order valence-electron chi connectivity index (χ4n) is 2.92. The molecule has 0 saturated carbocycles. The van der Waals surface area contributed by atoms with E-state index < -0.39 is 0 Å². The van der Waals surface area contributed by atoms with Crippen molar-refractivity contribution >= 4 is 21.6 Å². The fraction of sp³-hybridized carbons (Fsp3) is 0.562. The van der Waals surface area contributed by atoms with E-state index >= 15 is 0 Å². The molecule has 0 amide bonds. The van der Waals surface area contributed by atoms with Gasteiger partial charge in [-0.15, -0.1) is 0 Å². The van der Waals surface area contributed by atoms with Crippen molar-refractivity contribution in [3.8, 4) is 0 Å². The number of ether oxygens (including phenoxy) is 1. The van der Waals surface area contributed by atoms with Crippen LogP contribution in [-0.2, 0) is 18.3 Å². The Hall–Kier alpha value is -1.17. The molecule has 1 saturated heterocycles. The number of rotatable bonds is 3. The maximum Gasteiger partial charge on any atom is 0.307 e. The first kappa shape index (κ1) is 14.8. The van der Waals surface area contributed by atoms with Crippen molar-refractivity contribution < 1.29 is 4.74 Å². The van der Waals surface area contributed by atoms with E-state index in [-0.39, 0.29) is 10.5 Å². The van der Waals surface area contributed by atoms with Crippen LogP contribution < -0.4 is 4.87 Å². The second-order valence-electron chi connectivity index (χ2n) is 6.16. The molecule has 0 spiro atoms. The summed E-state index contributed by atoms with van der Waals surface area (Å²) < 4.78 is 8.39. The normalized spacial score (nSPS) is 19.2. The maximum atomic E-state index is 11.7. The maximum absolute atomic E-state index is 11.7. The van der Waals surface area contributed by atoms with Gasteiger partial charge in [0.1, 0.15) is 0 Å².